The van der Waals surface area contributed by atoms with Crippen LogP contribution in [0, 0.1) is 0 Å². The normalized spacial score (nSPS) is 17.9. The molecule has 5 heteroatoms. The third-order valence-electron chi connectivity index (χ3n) is 4.56. The quantitative estimate of drug-likeness (QED) is 0.847. The van der Waals surface area contributed by atoms with Crippen LogP contribution in [0.1, 0.15) is 37.1 Å². The first-order valence-corrected chi connectivity index (χ1v) is 9.32. The maximum atomic E-state index is 12.0. The summed E-state index contributed by atoms with van der Waals surface area (Å²) < 4.78 is 0. The van der Waals surface area contributed by atoms with E-state index in [1.54, 1.807) is 17.7 Å². The zero-order valence-electron chi connectivity index (χ0n) is 13.9. The van der Waals surface area contributed by atoms with Gasteiger partial charge in [0.2, 0.25) is 5.91 Å². The van der Waals surface area contributed by atoms with Gasteiger partial charge in [-0.25, -0.2) is 4.98 Å². The van der Waals surface area contributed by atoms with Crippen molar-refractivity contribution in [1.82, 2.24) is 15.2 Å². The van der Waals surface area contributed by atoms with Crippen LogP contribution in [0.25, 0.3) is 6.08 Å². The number of carbonyl (C=O) groups is 1. The number of hydrogen-bond donors (Lipinski definition) is 1. The molecule has 0 unspecified atom stereocenters. The van der Waals surface area contributed by atoms with E-state index in [2.05, 4.69) is 52.5 Å². The number of rotatable bonds is 5. The van der Waals surface area contributed by atoms with Gasteiger partial charge in [-0.1, -0.05) is 30.3 Å². The molecule has 0 aliphatic carbocycles. The van der Waals surface area contributed by atoms with Gasteiger partial charge in [0.25, 0.3) is 0 Å². The van der Waals surface area contributed by atoms with Crippen molar-refractivity contribution in [2.75, 3.05) is 13.1 Å². The van der Waals surface area contributed by atoms with Crippen LogP contribution in [0.2, 0.25) is 0 Å². The van der Waals surface area contributed by atoms with Crippen LogP contribution in [0.15, 0.2) is 47.3 Å². The Hall–Kier alpha value is -1.98. The molecule has 3 rings (SSSR count). The van der Waals surface area contributed by atoms with E-state index in [0.29, 0.717) is 6.04 Å². The van der Waals surface area contributed by atoms with Crippen molar-refractivity contribution in [3.63, 3.8) is 0 Å². The van der Waals surface area contributed by atoms with Crippen molar-refractivity contribution in [2.24, 2.45) is 0 Å². The van der Waals surface area contributed by atoms with E-state index in [9.17, 15) is 4.79 Å². The molecular formula is C19H23N3OS. The summed E-state index contributed by atoms with van der Waals surface area (Å²) in [6.45, 7) is 4.28. The molecule has 1 aliphatic heterocycles. The Balaban J connectivity index is 1.46. The second-order valence-corrected chi connectivity index (χ2v) is 6.87. The number of likely N-dealkylation sites (tertiary alicyclic amines) is 1. The molecule has 0 bridgehead atoms. The largest absolute Gasteiger partial charge is 0.350 e. The molecule has 1 N–H and O–H groups in total. The van der Waals surface area contributed by atoms with Gasteiger partial charge in [-0.05, 0) is 31.4 Å². The first-order chi connectivity index (χ1) is 11.7. The van der Waals surface area contributed by atoms with E-state index < -0.39 is 0 Å². The van der Waals surface area contributed by atoms with Crippen LogP contribution in [-0.4, -0.2) is 34.9 Å². The summed E-state index contributed by atoms with van der Waals surface area (Å²) in [5.74, 6) is -0.0300. The van der Waals surface area contributed by atoms with Gasteiger partial charge in [-0.3, -0.25) is 9.69 Å². The van der Waals surface area contributed by atoms with Crippen molar-refractivity contribution >= 4 is 23.3 Å². The van der Waals surface area contributed by atoms with Gasteiger partial charge < -0.3 is 5.32 Å². The van der Waals surface area contributed by atoms with Crippen molar-refractivity contribution in [1.29, 1.82) is 0 Å². The minimum absolute atomic E-state index is 0.0300. The van der Waals surface area contributed by atoms with Crippen LogP contribution in [0.5, 0.6) is 0 Å². The van der Waals surface area contributed by atoms with Crippen molar-refractivity contribution in [3.05, 3.63) is 58.6 Å². The van der Waals surface area contributed by atoms with Crippen molar-refractivity contribution in [3.8, 4) is 0 Å². The number of carbonyl (C=O) groups excluding carboxylic acids is 1. The summed E-state index contributed by atoms with van der Waals surface area (Å²) in [6, 6.07) is 11.3. The molecule has 1 aromatic heterocycles. The topological polar surface area (TPSA) is 45.2 Å². The van der Waals surface area contributed by atoms with E-state index in [-0.39, 0.29) is 11.9 Å². The van der Waals surface area contributed by atoms with Crippen LogP contribution in [-0.2, 0) is 4.79 Å². The molecule has 1 atom stereocenters. The number of hydrogen-bond acceptors (Lipinski definition) is 4. The standard InChI is InChI=1S/C19H23N3OS/c1-15(16-5-3-2-4-6-16)22-11-9-17(10-12-22)21-19(23)8-7-18-13-24-14-20-18/h2-8,13-15,17H,9-12H2,1H3,(H,21,23)/b8-7-/t15-/m0/s1. The summed E-state index contributed by atoms with van der Waals surface area (Å²) in [4.78, 5) is 18.6. The molecule has 0 saturated carbocycles. The Morgan fingerprint density at radius 2 is 2.08 bits per heavy atom. The fraction of sp³-hybridized carbons (Fsp3) is 0.368. The summed E-state index contributed by atoms with van der Waals surface area (Å²) >= 11 is 1.53. The van der Waals surface area contributed by atoms with E-state index in [1.807, 2.05) is 5.38 Å². The fourth-order valence-corrected chi connectivity index (χ4v) is 3.61. The molecule has 24 heavy (non-hydrogen) atoms. The molecule has 1 aromatic carbocycles. The Kier molecular flexibility index (Phi) is 5.77. The molecule has 0 spiro atoms. The number of amides is 1. The zero-order chi connectivity index (χ0) is 16.8. The second kappa shape index (κ2) is 8.22. The van der Waals surface area contributed by atoms with Crippen LogP contribution in [0.4, 0.5) is 0 Å². The molecule has 0 radical (unpaired) electrons. The Labute approximate surface area is 147 Å². The minimum Gasteiger partial charge on any atom is -0.350 e. The molecular weight excluding hydrogens is 318 g/mol. The van der Waals surface area contributed by atoms with Gasteiger partial charge in [-0.15, -0.1) is 11.3 Å². The molecule has 1 aliphatic rings. The zero-order valence-corrected chi connectivity index (χ0v) is 14.7. The molecule has 1 fully saturated rings. The number of nitrogens with one attached hydrogen (secondary N) is 1. The molecule has 1 saturated heterocycles. The van der Waals surface area contributed by atoms with Gasteiger partial charge in [0, 0.05) is 36.6 Å². The number of nitrogens with zero attached hydrogens (tertiary/aromatic N) is 2. The lowest BCUT2D eigenvalue weighted by Gasteiger charge is -2.36. The molecule has 126 valence electrons. The monoisotopic (exact) mass is 341 g/mol. The highest BCUT2D eigenvalue weighted by atomic mass is 32.1. The van der Waals surface area contributed by atoms with Crippen molar-refractivity contribution in [2.45, 2.75) is 31.8 Å². The molecule has 1 amide bonds. The summed E-state index contributed by atoms with van der Waals surface area (Å²) in [5, 5.41) is 5.03. The summed E-state index contributed by atoms with van der Waals surface area (Å²) in [5.41, 5.74) is 3.95. The number of thiazole rings is 1. The van der Waals surface area contributed by atoms with Gasteiger partial charge in [0.05, 0.1) is 11.2 Å². The van der Waals surface area contributed by atoms with Crippen LogP contribution >= 0.6 is 11.3 Å². The smallest absolute Gasteiger partial charge is 0.244 e. The van der Waals surface area contributed by atoms with Crippen molar-refractivity contribution < 1.29 is 4.79 Å². The molecule has 2 aromatic rings. The SMILES string of the molecule is C[C@@H](c1ccccc1)N1CCC(NC(=O)/C=C\c2cscn2)CC1. The highest BCUT2D eigenvalue weighted by Gasteiger charge is 2.23. The number of aromatic nitrogens is 1. The Morgan fingerprint density at radius 1 is 1.33 bits per heavy atom. The van der Waals surface area contributed by atoms with Gasteiger partial charge in [-0.2, -0.15) is 0 Å². The molecule has 2 heterocycles. The van der Waals surface area contributed by atoms with E-state index in [1.165, 1.54) is 16.9 Å². The number of piperidine rings is 1. The summed E-state index contributed by atoms with van der Waals surface area (Å²) in [6.07, 6.45) is 5.33. The average Bonchev–Trinajstić information content (AvgIpc) is 3.14. The number of benzene rings is 1. The molecule has 4 nitrogen and oxygen atoms in total. The van der Waals surface area contributed by atoms with Gasteiger partial charge in [0.1, 0.15) is 0 Å². The van der Waals surface area contributed by atoms with E-state index in [0.717, 1.165) is 31.6 Å². The maximum absolute atomic E-state index is 12.0. The van der Waals surface area contributed by atoms with Gasteiger partial charge in [0.15, 0.2) is 0 Å². The Bertz CT molecular complexity index is 661. The lowest BCUT2D eigenvalue weighted by atomic mass is 10.00. The highest BCUT2D eigenvalue weighted by Crippen LogP contribution is 2.23. The van der Waals surface area contributed by atoms with E-state index >= 15 is 0 Å². The minimum atomic E-state index is -0.0300. The maximum Gasteiger partial charge on any atom is 0.244 e. The highest BCUT2D eigenvalue weighted by molar-refractivity contribution is 7.07. The first-order valence-electron chi connectivity index (χ1n) is 8.38. The summed E-state index contributed by atoms with van der Waals surface area (Å²) in [7, 11) is 0. The average molecular weight is 341 g/mol. The van der Waals surface area contributed by atoms with Gasteiger partial charge >= 0.3 is 0 Å². The first kappa shape index (κ1) is 16.9. The Morgan fingerprint density at radius 3 is 2.75 bits per heavy atom. The third kappa shape index (κ3) is 4.52. The van der Waals surface area contributed by atoms with E-state index in [4.69, 9.17) is 0 Å². The van der Waals surface area contributed by atoms with Crippen LogP contribution in [0.3, 0.4) is 0 Å². The second-order valence-electron chi connectivity index (χ2n) is 6.15. The fourth-order valence-electron chi connectivity index (χ4n) is 3.09. The van der Waals surface area contributed by atoms with Crippen LogP contribution < -0.4 is 5.32 Å². The lowest BCUT2D eigenvalue weighted by molar-refractivity contribution is -0.117. The lowest BCUT2D eigenvalue weighted by Crippen LogP contribution is -2.44. The third-order valence-corrected chi connectivity index (χ3v) is 5.17. The predicted octanol–water partition coefficient (Wildman–Crippen LogP) is 3.50. The predicted molar refractivity (Wildman–Crippen MR) is 98.7 cm³/mol.